The average Bonchev–Trinajstić information content (AvgIpc) is 3.17. The van der Waals surface area contributed by atoms with Crippen LogP contribution in [-0.4, -0.2) is 35.6 Å². The summed E-state index contributed by atoms with van der Waals surface area (Å²) in [6.45, 7) is 2.88. The van der Waals surface area contributed by atoms with E-state index in [0.29, 0.717) is 16.1 Å². The zero-order chi connectivity index (χ0) is 26.9. The van der Waals surface area contributed by atoms with Crippen molar-refractivity contribution in [3.8, 4) is 11.5 Å². The van der Waals surface area contributed by atoms with Crippen LogP contribution in [0, 0.1) is 10.1 Å². The van der Waals surface area contributed by atoms with Gasteiger partial charge in [0.25, 0.3) is 11.2 Å². The van der Waals surface area contributed by atoms with Crippen molar-refractivity contribution in [2.75, 3.05) is 14.2 Å². The van der Waals surface area contributed by atoms with Gasteiger partial charge in [-0.15, -0.1) is 0 Å². The molecule has 4 rings (SSSR count). The summed E-state index contributed by atoms with van der Waals surface area (Å²) in [5.74, 6) is -0.834. The van der Waals surface area contributed by atoms with Gasteiger partial charge in [-0.3, -0.25) is 24.3 Å². The quantitative estimate of drug-likeness (QED) is 0.207. The van der Waals surface area contributed by atoms with Gasteiger partial charge >= 0.3 is 11.9 Å². The Kier molecular flexibility index (Phi) is 7.02. The monoisotopic (exact) mass is 523 g/mol. The summed E-state index contributed by atoms with van der Waals surface area (Å²) in [6, 6.07) is 9.78. The Hall–Kier alpha value is -4.58. The van der Waals surface area contributed by atoms with Gasteiger partial charge in [0.05, 0.1) is 46.6 Å². The van der Waals surface area contributed by atoms with E-state index in [-0.39, 0.29) is 32.9 Å². The molecule has 0 saturated carbocycles. The number of benzene rings is 2. The second kappa shape index (κ2) is 10.2. The molecule has 37 heavy (non-hydrogen) atoms. The van der Waals surface area contributed by atoms with Crippen molar-refractivity contribution in [2.24, 2.45) is 4.99 Å². The van der Waals surface area contributed by atoms with Crippen molar-refractivity contribution in [2.45, 2.75) is 19.9 Å². The van der Waals surface area contributed by atoms with E-state index in [4.69, 9.17) is 14.2 Å². The highest BCUT2D eigenvalue weighted by molar-refractivity contribution is 7.07. The lowest BCUT2D eigenvalue weighted by molar-refractivity contribution is -0.385. The van der Waals surface area contributed by atoms with Gasteiger partial charge in [0.15, 0.2) is 16.3 Å². The number of hydrogen-bond donors (Lipinski definition) is 0. The third-order valence-corrected chi connectivity index (χ3v) is 6.59. The minimum Gasteiger partial charge on any atom is -0.493 e. The predicted octanol–water partition coefficient (Wildman–Crippen LogP) is 2.25. The number of aromatic nitrogens is 1. The number of fused-ring (bicyclic) bond motifs is 1. The molecule has 1 atom stereocenters. The second-order valence-corrected chi connectivity index (χ2v) is 8.90. The molecule has 1 aliphatic rings. The molecule has 1 aliphatic heterocycles. The molecule has 0 N–H and O–H groups in total. The minimum atomic E-state index is -0.947. The number of nitro groups is 1. The molecule has 1 aromatic heterocycles. The Morgan fingerprint density at radius 1 is 1.16 bits per heavy atom. The highest BCUT2D eigenvalue weighted by atomic mass is 32.1. The number of thiazole rings is 1. The van der Waals surface area contributed by atoms with Crippen molar-refractivity contribution in [1.82, 2.24) is 4.57 Å². The zero-order valence-corrected chi connectivity index (χ0v) is 21.0. The average molecular weight is 524 g/mol. The van der Waals surface area contributed by atoms with Gasteiger partial charge in [-0.1, -0.05) is 29.5 Å². The highest BCUT2D eigenvalue weighted by Gasteiger charge is 2.33. The van der Waals surface area contributed by atoms with Gasteiger partial charge in [-0.05, 0) is 36.8 Å². The lowest BCUT2D eigenvalue weighted by Crippen LogP contribution is -2.39. The fraction of sp³-hybridized carbons (Fsp3) is 0.200. The van der Waals surface area contributed by atoms with Crippen LogP contribution in [0.4, 0.5) is 5.69 Å². The van der Waals surface area contributed by atoms with Crippen LogP contribution in [0.5, 0.6) is 11.5 Å². The first kappa shape index (κ1) is 25.5. The molecule has 190 valence electrons. The third-order valence-electron chi connectivity index (χ3n) is 5.60. The number of hydrogen-bond acceptors (Lipinski definition) is 10. The first-order chi connectivity index (χ1) is 17.7. The molecule has 0 unspecified atom stereocenters. The van der Waals surface area contributed by atoms with E-state index in [2.05, 4.69) is 4.99 Å². The zero-order valence-electron chi connectivity index (χ0n) is 20.2. The first-order valence-electron chi connectivity index (χ1n) is 10.9. The standard InChI is InChI=1S/C25H21N3O8S/c1-13-21(24(31)35-4)22(16-9-10-18(36-14(2)29)19(11-16)34-3)27-23(30)20(37-25(27)26-13)12-15-7-5-6-8-17(15)28(32)33/h5-12,22H,1-4H3/b20-12+/t22-/m0/s1. The van der Waals surface area contributed by atoms with Crippen LogP contribution in [0.2, 0.25) is 0 Å². The molecular weight excluding hydrogens is 502 g/mol. The summed E-state index contributed by atoms with van der Waals surface area (Å²) < 4.78 is 17.1. The van der Waals surface area contributed by atoms with Crippen LogP contribution in [0.25, 0.3) is 6.08 Å². The van der Waals surface area contributed by atoms with E-state index in [1.807, 2.05) is 0 Å². The van der Waals surface area contributed by atoms with E-state index >= 15 is 0 Å². The largest absolute Gasteiger partial charge is 0.493 e. The fourth-order valence-electron chi connectivity index (χ4n) is 4.02. The summed E-state index contributed by atoms with van der Waals surface area (Å²) in [6.07, 6.45) is 1.43. The van der Waals surface area contributed by atoms with Gasteiger partial charge in [0, 0.05) is 13.0 Å². The number of rotatable bonds is 6. The van der Waals surface area contributed by atoms with Gasteiger partial charge < -0.3 is 14.2 Å². The van der Waals surface area contributed by atoms with Crippen LogP contribution in [0.1, 0.15) is 31.0 Å². The van der Waals surface area contributed by atoms with E-state index < -0.39 is 28.5 Å². The number of ether oxygens (including phenoxy) is 3. The maximum atomic E-state index is 13.6. The molecule has 0 amide bonds. The van der Waals surface area contributed by atoms with E-state index in [0.717, 1.165) is 11.3 Å². The number of carbonyl (C=O) groups excluding carboxylic acids is 2. The van der Waals surface area contributed by atoms with Crippen molar-refractivity contribution < 1.29 is 28.7 Å². The molecule has 2 aromatic carbocycles. The number of nitro benzene ring substituents is 1. The Labute approximate surface area is 213 Å². The number of carbonyl (C=O) groups is 2. The Morgan fingerprint density at radius 3 is 2.54 bits per heavy atom. The van der Waals surface area contributed by atoms with Crippen molar-refractivity contribution in [3.05, 3.63) is 94.7 Å². The van der Waals surface area contributed by atoms with Gasteiger partial charge in [0.2, 0.25) is 0 Å². The second-order valence-electron chi connectivity index (χ2n) is 7.89. The molecule has 0 aliphatic carbocycles. The Morgan fingerprint density at radius 2 is 1.89 bits per heavy atom. The molecular formula is C25H21N3O8S. The summed E-state index contributed by atoms with van der Waals surface area (Å²) in [5.41, 5.74) is 0.560. The number of methoxy groups -OCH3 is 2. The van der Waals surface area contributed by atoms with Crippen molar-refractivity contribution in [1.29, 1.82) is 0 Å². The molecule has 11 nitrogen and oxygen atoms in total. The van der Waals surface area contributed by atoms with Crippen LogP contribution >= 0.6 is 11.3 Å². The van der Waals surface area contributed by atoms with Crippen LogP contribution in [-0.2, 0) is 14.3 Å². The maximum absolute atomic E-state index is 13.6. The molecule has 0 spiro atoms. The molecule has 2 heterocycles. The molecule has 12 heteroatoms. The van der Waals surface area contributed by atoms with Gasteiger partial charge in [-0.25, -0.2) is 9.79 Å². The Bertz CT molecular complexity index is 1650. The topological polar surface area (TPSA) is 139 Å². The lowest BCUT2D eigenvalue weighted by atomic mass is 9.95. The fourth-order valence-corrected chi connectivity index (χ4v) is 5.06. The van der Waals surface area contributed by atoms with E-state index in [1.165, 1.54) is 56.1 Å². The van der Waals surface area contributed by atoms with Gasteiger partial charge in [0.1, 0.15) is 0 Å². The lowest BCUT2D eigenvalue weighted by Gasteiger charge is -2.25. The Balaban J connectivity index is 1.98. The SMILES string of the molecule is COC(=O)C1=C(C)N=c2s/c(=C/c3ccccc3[N+](=O)[O-])c(=O)n2[C@H]1c1ccc(OC(C)=O)c(OC)c1. The third kappa shape index (κ3) is 4.78. The van der Waals surface area contributed by atoms with E-state index in [1.54, 1.807) is 25.1 Å². The minimum absolute atomic E-state index is 0.134. The van der Waals surface area contributed by atoms with Crippen LogP contribution < -0.4 is 24.4 Å². The highest BCUT2D eigenvalue weighted by Crippen LogP contribution is 2.36. The summed E-state index contributed by atoms with van der Waals surface area (Å²) >= 11 is 1.04. The molecule has 0 radical (unpaired) electrons. The molecule has 3 aromatic rings. The van der Waals surface area contributed by atoms with Crippen molar-refractivity contribution >= 4 is 35.0 Å². The summed E-state index contributed by atoms with van der Waals surface area (Å²) in [7, 11) is 2.62. The van der Waals surface area contributed by atoms with E-state index in [9.17, 15) is 24.5 Å². The number of nitrogens with zero attached hydrogens (tertiary/aromatic N) is 3. The van der Waals surface area contributed by atoms with Crippen LogP contribution in [0.3, 0.4) is 0 Å². The smallest absolute Gasteiger partial charge is 0.338 e. The van der Waals surface area contributed by atoms with Crippen molar-refractivity contribution in [3.63, 3.8) is 0 Å². The first-order valence-corrected chi connectivity index (χ1v) is 11.7. The summed E-state index contributed by atoms with van der Waals surface area (Å²) in [5, 5.41) is 11.5. The predicted molar refractivity (Wildman–Crippen MR) is 133 cm³/mol. The molecule has 0 bridgehead atoms. The molecule has 0 saturated heterocycles. The molecule has 0 fully saturated rings. The number of esters is 2. The maximum Gasteiger partial charge on any atom is 0.338 e. The number of para-hydroxylation sites is 1. The van der Waals surface area contributed by atoms with Crippen LogP contribution in [0.15, 0.2) is 63.5 Å². The van der Waals surface area contributed by atoms with Gasteiger partial charge in [-0.2, -0.15) is 0 Å². The number of allylic oxidation sites excluding steroid dienone is 1. The summed E-state index contributed by atoms with van der Waals surface area (Å²) in [4.78, 5) is 53.6. The normalized spacial score (nSPS) is 15.0.